The van der Waals surface area contributed by atoms with Crippen LogP contribution in [0.25, 0.3) is 0 Å². The van der Waals surface area contributed by atoms with E-state index in [2.05, 4.69) is 42.1 Å². The van der Waals surface area contributed by atoms with Crippen molar-refractivity contribution < 1.29 is 0 Å². The summed E-state index contributed by atoms with van der Waals surface area (Å²) < 4.78 is 1.18. The Balaban J connectivity index is 3.16. The molecule has 1 aromatic rings. The standard InChI is InChI=1S/C9H14BrNS/c1-9(2,3)7-5-12-8(10)6(7)4-11/h5H,4,11H2,1-3H3. The molecular formula is C9H14BrNS. The fourth-order valence-corrected chi connectivity index (χ4v) is 2.89. The highest BCUT2D eigenvalue weighted by molar-refractivity contribution is 9.11. The highest BCUT2D eigenvalue weighted by Crippen LogP contribution is 2.35. The van der Waals surface area contributed by atoms with E-state index >= 15 is 0 Å². The molecule has 1 nitrogen and oxygen atoms in total. The summed E-state index contributed by atoms with van der Waals surface area (Å²) in [4.78, 5) is 0. The first-order chi connectivity index (χ1) is 5.46. The van der Waals surface area contributed by atoms with Gasteiger partial charge in [0.25, 0.3) is 0 Å². The molecule has 0 aromatic carbocycles. The summed E-state index contributed by atoms with van der Waals surface area (Å²) in [6.07, 6.45) is 0. The van der Waals surface area contributed by atoms with Gasteiger partial charge in [-0.3, -0.25) is 0 Å². The molecule has 0 fully saturated rings. The van der Waals surface area contributed by atoms with Gasteiger partial charge in [0, 0.05) is 6.54 Å². The first-order valence-corrected chi connectivity index (χ1v) is 5.60. The Hall–Kier alpha value is 0.140. The van der Waals surface area contributed by atoms with E-state index in [1.165, 1.54) is 14.9 Å². The molecule has 3 heteroatoms. The van der Waals surface area contributed by atoms with E-state index in [0.717, 1.165) is 0 Å². The first kappa shape index (κ1) is 10.2. The largest absolute Gasteiger partial charge is 0.326 e. The van der Waals surface area contributed by atoms with Crippen molar-refractivity contribution >= 4 is 27.3 Å². The molecule has 1 rings (SSSR count). The normalized spacial score (nSPS) is 12.1. The summed E-state index contributed by atoms with van der Waals surface area (Å²) in [7, 11) is 0. The second-order valence-corrected chi connectivity index (χ2v) is 6.05. The van der Waals surface area contributed by atoms with Gasteiger partial charge in [0.2, 0.25) is 0 Å². The van der Waals surface area contributed by atoms with Gasteiger partial charge in [-0.25, -0.2) is 0 Å². The number of thiophene rings is 1. The zero-order chi connectivity index (χ0) is 9.35. The van der Waals surface area contributed by atoms with Crippen LogP contribution in [-0.4, -0.2) is 0 Å². The van der Waals surface area contributed by atoms with E-state index in [4.69, 9.17) is 5.73 Å². The quantitative estimate of drug-likeness (QED) is 0.811. The van der Waals surface area contributed by atoms with E-state index in [1.54, 1.807) is 11.3 Å². The third kappa shape index (κ3) is 1.90. The molecule has 1 heterocycles. The van der Waals surface area contributed by atoms with Crippen molar-refractivity contribution in [3.63, 3.8) is 0 Å². The lowest BCUT2D eigenvalue weighted by Gasteiger charge is -2.19. The van der Waals surface area contributed by atoms with Crippen LogP contribution in [0.1, 0.15) is 31.9 Å². The van der Waals surface area contributed by atoms with Crippen LogP contribution >= 0.6 is 27.3 Å². The number of hydrogen-bond acceptors (Lipinski definition) is 2. The first-order valence-electron chi connectivity index (χ1n) is 3.93. The fourth-order valence-electron chi connectivity index (χ4n) is 1.18. The minimum absolute atomic E-state index is 0.206. The Morgan fingerprint density at radius 2 is 2.08 bits per heavy atom. The Morgan fingerprint density at radius 3 is 2.42 bits per heavy atom. The van der Waals surface area contributed by atoms with Gasteiger partial charge in [0.05, 0.1) is 3.79 Å². The maximum Gasteiger partial charge on any atom is 0.0746 e. The predicted molar refractivity (Wildman–Crippen MR) is 58.6 cm³/mol. The van der Waals surface area contributed by atoms with Crippen LogP contribution in [-0.2, 0) is 12.0 Å². The second kappa shape index (κ2) is 3.48. The summed E-state index contributed by atoms with van der Waals surface area (Å²) in [5.74, 6) is 0. The van der Waals surface area contributed by atoms with Gasteiger partial charge < -0.3 is 5.73 Å². The molecule has 2 N–H and O–H groups in total. The van der Waals surface area contributed by atoms with Crippen LogP contribution in [0.5, 0.6) is 0 Å². The van der Waals surface area contributed by atoms with Crippen molar-refractivity contribution in [3.8, 4) is 0 Å². The predicted octanol–water partition coefficient (Wildman–Crippen LogP) is 3.27. The zero-order valence-electron chi connectivity index (χ0n) is 7.65. The third-order valence-corrected chi connectivity index (χ3v) is 3.70. The van der Waals surface area contributed by atoms with Crippen LogP contribution in [0.4, 0.5) is 0 Å². The lowest BCUT2D eigenvalue weighted by atomic mass is 9.86. The lowest BCUT2D eigenvalue weighted by Crippen LogP contribution is -2.14. The molecule has 0 bridgehead atoms. The molecule has 12 heavy (non-hydrogen) atoms. The van der Waals surface area contributed by atoms with Gasteiger partial charge in [0.1, 0.15) is 0 Å². The molecule has 0 atom stereocenters. The molecule has 0 aliphatic rings. The molecule has 0 amide bonds. The summed E-state index contributed by atoms with van der Waals surface area (Å²) in [6, 6.07) is 0. The van der Waals surface area contributed by atoms with Crippen molar-refractivity contribution in [3.05, 3.63) is 20.3 Å². The Kier molecular flexibility index (Phi) is 2.97. The molecule has 0 radical (unpaired) electrons. The second-order valence-electron chi connectivity index (χ2n) is 3.86. The van der Waals surface area contributed by atoms with Gasteiger partial charge in [-0.1, -0.05) is 20.8 Å². The molecule has 0 aliphatic carbocycles. The summed E-state index contributed by atoms with van der Waals surface area (Å²) in [5, 5.41) is 2.19. The van der Waals surface area contributed by atoms with Gasteiger partial charge in [-0.15, -0.1) is 11.3 Å². The van der Waals surface area contributed by atoms with Crippen LogP contribution in [0.15, 0.2) is 9.17 Å². The fraction of sp³-hybridized carbons (Fsp3) is 0.556. The van der Waals surface area contributed by atoms with Gasteiger partial charge in [-0.2, -0.15) is 0 Å². The van der Waals surface area contributed by atoms with E-state index in [0.29, 0.717) is 6.54 Å². The molecular weight excluding hydrogens is 234 g/mol. The zero-order valence-corrected chi connectivity index (χ0v) is 10.1. The van der Waals surface area contributed by atoms with Gasteiger partial charge in [-0.05, 0) is 37.9 Å². The average Bonchev–Trinajstić information content (AvgIpc) is 2.29. The van der Waals surface area contributed by atoms with Crippen molar-refractivity contribution in [2.45, 2.75) is 32.7 Å². The van der Waals surface area contributed by atoms with Crippen molar-refractivity contribution in [2.75, 3.05) is 0 Å². The monoisotopic (exact) mass is 247 g/mol. The van der Waals surface area contributed by atoms with Crippen molar-refractivity contribution in [1.29, 1.82) is 0 Å². The lowest BCUT2D eigenvalue weighted by molar-refractivity contribution is 0.585. The Morgan fingerprint density at radius 1 is 1.50 bits per heavy atom. The number of rotatable bonds is 1. The van der Waals surface area contributed by atoms with E-state index in [9.17, 15) is 0 Å². The molecule has 0 saturated heterocycles. The molecule has 0 aliphatic heterocycles. The maximum absolute atomic E-state index is 5.67. The van der Waals surface area contributed by atoms with E-state index in [1.807, 2.05) is 0 Å². The third-order valence-electron chi connectivity index (χ3n) is 1.85. The van der Waals surface area contributed by atoms with Crippen molar-refractivity contribution in [1.82, 2.24) is 0 Å². The maximum atomic E-state index is 5.67. The number of halogens is 1. The smallest absolute Gasteiger partial charge is 0.0746 e. The van der Waals surface area contributed by atoms with Gasteiger partial charge >= 0.3 is 0 Å². The van der Waals surface area contributed by atoms with Crippen LogP contribution < -0.4 is 5.73 Å². The van der Waals surface area contributed by atoms with Gasteiger partial charge in [0.15, 0.2) is 0 Å². The Labute approximate surface area is 86.1 Å². The van der Waals surface area contributed by atoms with E-state index in [-0.39, 0.29) is 5.41 Å². The average molecular weight is 248 g/mol. The summed E-state index contributed by atoms with van der Waals surface area (Å²) in [5.41, 5.74) is 8.49. The minimum atomic E-state index is 0.206. The minimum Gasteiger partial charge on any atom is -0.326 e. The summed E-state index contributed by atoms with van der Waals surface area (Å²) in [6.45, 7) is 7.25. The summed E-state index contributed by atoms with van der Waals surface area (Å²) >= 11 is 5.23. The van der Waals surface area contributed by atoms with Crippen LogP contribution in [0, 0.1) is 0 Å². The van der Waals surface area contributed by atoms with Crippen molar-refractivity contribution in [2.24, 2.45) is 5.73 Å². The Bertz CT molecular complexity index is 273. The molecule has 0 spiro atoms. The van der Waals surface area contributed by atoms with Crippen LogP contribution in [0.3, 0.4) is 0 Å². The molecule has 1 aromatic heterocycles. The highest BCUT2D eigenvalue weighted by Gasteiger charge is 2.20. The molecule has 0 saturated carbocycles. The topological polar surface area (TPSA) is 26.0 Å². The number of nitrogens with two attached hydrogens (primary N) is 1. The molecule has 0 unspecified atom stereocenters. The SMILES string of the molecule is CC(C)(C)c1csc(Br)c1CN. The van der Waals surface area contributed by atoms with E-state index < -0.39 is 0 Å². The highest BCUT2D eigenvalue weighted by atomic mass is 79.9. The molecule has 68 valence electrons. The number of hydrogen-bond donors (Lipinski definition) is 1. The van der Waals surface area contributed by atoms with Crippen LogP contribution in [0.2, 0.25) is 0 Å².